The maximum absolute atomic E-state index is 12.2. The van der Waals surface area contributed by atoms with E-state index in [1.165, 1.54) is 4.90 Å². The summed E-state index contributed by atoms with van der Waals surface area (Å²) in [6.07, 6.45) is 7.07. The fourth-order valence-electron chi connectivity index (χ4n) is 3.23. The van der Waals surface area contributed by atoms with Gasteiger partial charge >= 0.3 is 0 Å². The molecule has 18 heavy (non-hydrogen) atoms. The number of hydrogen-bond donors (Lipinski definition) is 1. The number of hydrogen-bond acceptors (Lipinski definition) is 3. The average molecular weight is 247 g/mol. The van der Waals surface area contributed by atoms with E-state index in [9.17, 15) is 9.59 Å². The lowest BCUT2D eigenvalue weighted by molar-refractivity contribution is -0.154. The number of nitrogens with one attached hydrogen (secondary N) is 1. The summed E-state index contributed by atoms with van der Waals surface area (Å²) >= 11 is 0. The Morgan fingerprint density at radius 3 is 2.44 bits per heavy atom. The molecule has 2 fully saturated rings. The van der Waals surface area contributed by atoms with Gasteiger partial charge in [-0.05, 0) is 24.3 Å². The van der Waals surface area contributed by atoms with Crippen molar-refractivity contribution >= 4 is 11.8 Å². The summed E-state index contributed by atoms with van der Waals surface area (Å²) in [4.78, 5) is 25.7. The number of rotatable bonds is 2. The molecule has 0 bridgehead atoms. The zero-order valence-corrected chi connectivity index (χ0v) is 10.3. The monoisotopic (exact) mass is 247 g/mol. The molecule has 96 valence electrons. The highest BCUT2D eigenvalue weighted by Crippen LogP contribution is 2.47. The SMILES string of the molecule is O=C1CC2(CCCC2)CC(=O)N1Cc1ccn[nH]1. The Morgan fingerprint density at radius 1 is 1.22 bits per heavy atom. The first kappa shape index (κ1) is 11.4. The molecule has 1 spiro atoms. The lowest BCUT2D eigenvalue weighted by Crippen LogP contribution is -2.46. The maximum atomic E-state index is 12.2. The molecule has 1 aliphatic heterocycles. The molecule has 0 aromatic carbocycles. The van der Waals surface area contributed by atoms with Gasteiger partial charge in [0.15, 0.2) is 0 Å². The van der Waals surface area contributed by atoms with Crippen molar-refractivity contribution in [3.8, 4) is 0 Å². The van der Waals surface area contributed by atoms with E-state index in [-0.39, 0.29) is 17.2 Å². The van der Waals surface area contributed by atoms with Crippen LogP contribution in [0, 0.1) is 5.41 Å². The number of imide groups is 1. The van der Waals surface area contributed by atoms with Crippen molar-refractivity contribution in [1.82, 2.24) is 15.1 Å². The summed E-state index contributed by atoms with van der Waals surface area (Å²) in [5, 5.41) is 6.62. The van der Waals surface area contributed by atoms with Crippen molar-refractivity contribution in [3.63, 3.8) is 0 Å². The molecule has 1 N–H and O–H groups in total. The zero-order chi connectivity index (χ0) is 12.6. The first-order valence-corrected chi connectivity index (χ1v) is 6.50. The molecule has 2 heterocycles. The van der Waals surface area contributed by atoms with Gasteiger partial charge in [-0.2, -0.15) is 5.10 Å². The molecule has 0 atom stereocenters. The highest BCUT2D eigenvalue weighted by atomic mass is 16.2. The number of H-pyrrole nitrogens is 1. The van der Waals surface area contributed by atoms with Crippen LogP contribution in [0.25, 0.3) is 0 Å². The molecule has 2 amide bonds. The van der Waals surface area contributed by atoms with Gasteiger partial charge in [-0.25, -0.2) is 0 Å². The summed E-state index contributed by atoms with van der Waals surface area (Å²) in [7, 11) is 0. The van der Waals surface area contributed by atoms with Gasteiger partial charge < -0.3 is 0 Å². The molecule has 2 aliphatic rings. The third-order valence-corrected chi connectivity index (χ3v) is 4.21. The van der Waals surface area contributed by atoms with E-state index >= 15 is 0 Å². The van der Waals surface area contributed by atoms with Crippen molar-refractivity contribution in [2.24, 2.45) is 5.41 Å². The zero-order valence-electron chi connectivity index (χ0n) is 10.3. The normalized spacial score (nSPS) is 23.0. The summed E-state index contributed by atoms with van der Waals surface area (Å²) in [5.41, 5.74) is 0.789. The Labute approximate surface area is 106 Å². The minimum absolute atomic E-state index is 0.0152. The summed E-state index contributed by atoms with van der Waals surface area (Å²) in [6.45, 7) is 0.327. The Bertz CT molecular complexity index is 441. The molecule has 1 saturated carbocycles. The van der Waals surface area contributed by atoms with Gasteiger partial charge in [0.1, 0.15) is 0 Å². The van der Waals surface area contributed by atoms with Crippen LogP contribution in [-0.2, 0) is 16.1 Å². The van der Waals surface area contributed by atoms with Gasteiger partial charge in [-0.3, -0.25) is 19.6 Å². The van der Waals surface area contributed by atoms with Crippen molar-refractivity contribution < 1.29 is 9.59 Å². The molecule has 5 heteroatoms. The van der Waals surface area contributed by atoms with Gasteiger partial charge in [0.25, 0.3) is 0 Å². The third kappa shape index (κ3) is 1.94. The van der Waals surface area contributed by atoms with Crippen LogP contribution in [0.5, 0.6) is 0 Å². The lowest BCUT2D eigenvalue weighted by atomic mass is 9.76. The molecule has 1 saturated heterocycles. The van der Waals surface area contributed by atoms with E-state index in [1.807, 2.05) is 0 Å². The minimum atomic E-state index is -0.0252. The highest BCUT2D eigenvalue weighted by Gasteiger charge is 2.44. The number of carbonyl (C=O) groups excluding carboxylic acids is 2. The highest BCUT2D eigenvalue weighted by molar-refractivity contribution is 5.98. The van der Waals surface area contributed by atoms with Crippen LogP contribution < -0.4 is 0 Å². The first-order chi connectivity index (χ1) is 8.69. The number of aromatic nitrogens is 2. The van der Waals surface area contributed by atoms with Crippen molar-refractivity contribution in [2.75, 3.05) is 0 Å². The predicted molar refractivity (Wildman–Crippen MR) is 64.3 cm³/mol. The molecule has 3 rings (SSSR count). The molecule has 1 aromatic rings. The van der Waals surface area contributed by atoms with Crippen LogP contribution in [-0.4, -0.2) is 26.9 Å². The molecular weight excluding hydrogens is 230 g/mol. The van der Waals surface area contributed by atoms with Crippen molar-refractivity contribution in [3.05, 3.63) is 18.0 Å². The summed E-state index contributed by atoms with van der Waals surface area (Å²) in [6, 6.07) is 1.79. The molecule has 0 unspecified atom stereocenters. The average Bonchev–Trinajstić information content (AvgIpc) is 2.96. The van der Waals surface area contributed by atoms with Crippen molar-refractivity contribution in [2.45, 2.75) is 45.1 Å². The smallest absolute Gasteiger partial charge is 0.230 e. The van der Waals surface area contributed by atoms with Gasteiger partial charge in [0.2, 0.25) is 11.8 Å². The third-order valence-electron chi connectivity index (χ3n) is 4.21. The van der Waals surface area contributed by atoms with Gasteiger partial charge in [-0.15, -0.1) is 0 Å². The van der Waals surface area contributed by atoms with E-state index < -0.39 is 0 Å². The Kier molecular flexibility index (Phi) is 2.69. The minimum Gasteiger partial charge on any atom is -0.281 e. The first-order valence-electron chi connectivity index (χ1n) is 6.50. The van der Waals surface area contributed by atoms with Gasteiger partial charge in [0, 0.05) is 19.0 Å². The lowest BCUT2D eigenvalue weighted by Gasteiger charge is -2.37. The van der Waals surface area contributed by atoms with Crippen LogP contribution >= 0.6 is 0 Å². The van der Waals surface area contributed by atoms with Crippen LogP contribution in [0.1, 0.15) is 44.2 Å². The van der Waals surface area contributed by atoms with Gasteiger partial charge in [0.05, 0.1) is 12.2 Å². The molecule has 5 nitrogen and oxygen atoms in total. The second-order valence-electron chi connectivity index (χ2n) is 5.52. The fraction of sp³-hybridized carbons (Fsp3) is 0.615. The number of carbonyl (C=O) groups is 2. The maximum Gasteiger partial charge on any atom is 0.230 e. The fourth-order valence-corrected chi connectivity index (χ4v) is 3.23. The molecule has 0 radical (unpaired) electrons. The van der Waals surface area contributed by atoms with E-state index in [1.54, 1.807) is 12.3 Å². The number of piperidine rings is 1. The van der Waals surface area contributed by atoms with Crippen LogP contribution in [0.2, 0.25) is 0 Å². The van der Waals surface area contributed by atoms with Crippen LogP contribution in [0.15, 0.2) is 12.3 Å². The molecule has 1 aromatic heterocycles. The topological polar surface area (TPSA) is 66.1 Å². The standard InChI is InChI=1S/C13H17N3O2/c17-11-7-13(4-1-2-5-13)8-12(18)16(11)9-10-3-6-14-15-10/h3,6H,1-2,4-5,7-9H2,(H,14,15). The number of amides is 2. The van der Waals surface area contributed by atoms with E-state index in [0.29, 0.717) is 19.4 Å². The second-order valence-corrected chi connectivity index (χ2v) is 5.52. The van der Waals surface area contributed by atoms with Gasteiger partial charge in [-0.1, -0.05) is 12.8 Å². The van der Waals surface area contributed by atoms with E-state index in [2.05, 4.69) is 10.2 Å². The van der Waals surface area contributed by atoms with Crippen molar-refractivity contribution in [1.29, 1.82) is 0 Å². The summed E-state index contributed by atoms with van der Waals surface area (Å²) < 4.78 is 0. The van der Waals surface area contributed by atoms with E-state index in [4.69, 9.17) is 0 Å². The predicted octanol–water partition coefficient (Wildman–Crippen LogP) is 1.62. The summed E-state index contributed by atoms with van der Waals surface area (Å²) in [5.74, 6) is -0.0505. The van der Waals surface area contributed by atoms with E-state index in [0.717, 1.165) is 31.4 Å². The Balaban J connectivity index is 1.74. The molecule has 1 aliphatic carbocycles. The Hall–Kier alpha value is -1.65. The largest absolute Gasteiger partial charge is 0.281 e. The Morgan fingerprint density at radius 2 is 1.89 bits per heavy atom. The quantitative estimate of drug-likeness (QED) is 0.807. The number of nitrogens with zero attached hydrogens (tertiary/aromatic N) is 2. The molecular formula is C13H17N3O2. The second kappa shape index (κ2) is 4.23. The van der Waals surface area contributed by atoms with Crippen LogP contribution in [0.4, 0.5) is 0 Å². The number of likely N-dealkylation sites (tertiary alicyclic amines) is 1. The van der Waals surface area contributed by atoms with Crippen LogP contribution in [0.3, 0.4) is 0 Å². The number of aromatic amines is 1.